The lowest BCUT2D eigenvalue weighted by Gasteiger charge is -2.20. The van der Waals surface area contributed by atoms with E-state index in [0.717, 1.165) is 22.4 Å². The third kappa shape index (κ3) is 5.54. The zero-order valence-electron chi connectivity index (χ0n) is 17.1. The largest absolute Gasteiger partial charge is 0.485 e. The second kappa shape index (κ2) is 9.22. The average molecular weight is 467 g/mol. The molecule has 5 nitrogen and oxygen atoms in total. The van der Waals surface area contributed by atoms with E-state index in [1.165, 1.54) is 12.1 Å². The van der Waals surface area contributed by atoms with Crippen LogP contribution in [0.15, 0.2) is 65.3 Å². The Morgan fingerprint density at radius 2 is 1.73 bits per heavy atom. The van der Waals surface area contributed by atoms with Crippen LogP contribution in [0, 0.1) is 10.1 Å². The van der Waals surface area contributed by atoms with Crippen molar-refractivity contribution >= 4 is 33.8 Å². The van der Waals surface area contributed by atoms with Crippen LogP contribution in [0.25, 0.3) is 12.2 Å². The molecule has 0 spiro atoms. The third-order valence-corrected chi connectivity index (χ3v) is 5.05. The van der Waals surface area contributed by atoms with Crippen LogP contribution in [0.5, 0.6) is 5.75 Å². The molecule has 0 saturated carbocycles. The molecule has 0 aliphatic heterocycles. The van der Waals surface area contributed by atoms with E-state index in [1.807, 2.05) is 48.6 Å². The summed E-state index contributed by atoms with van der Waals surface area (Å²) in [6.45, 7) is 6.75. The van der Waals surface area contributed by atoms with Gasteiger partial charge in [0, 0.05) is 28.8 Å². The van der Waals surface area contributed by atoms with Crippen LogP contribution >= 0.6 is 15.9 Å². The predicted molar refractivity (Wildman–Crippen MR) is 123 cm³/mol. The number of halogens is 1. The van der Waals surface area contributed by atoms with Crippen molar-refractivity contribution in [1.82, 2.24) is 4.98 Å². The molecule has 3 rings (SSSR count). The Morgan fingerprint density at radius 3 is 2.33 bits per heavy atom. The summed E-state index contributed by atoms with van der Waals surface area (Å²) < 4.78 is 6.76. The number of benzene rings is 2. The maximum atomic E-state index is 10.9. The highest BCUT2D eigenvalue weighted by molar-refractivity contribution is 9.10. The number of aromatic nitrogens is 1. The van der Waals surface area contributed by atoms with Gasteiger partial charge in [-0.3, -0.25) is 10.1 Å². The summed E-state index contributed by atoms with van der Waals surface area (Å²) in [5.74, 6) is 0.657. The van der Waals surface area contributed by atoms with E-state index < -0.39 is 4.92 Å². The number of nitro groups is 1. The van der Waals surface area contributed by atoms with Crippen molar-refractivity contribution in [3.05, 3.63) is 97.8 Å². The number of rotatable bonds is 6. The fourth-order valence-electron chi connectivity index (χ4n) is 2.79. The van der Waals surface area contributed by atoms with Gasteiger partial charge in [0.1, 0.15) is 11.2 Å². The number of hydrogen-bond acceptors (Lipinski definition) is 4. The second-order valence-corrected chi connectivity index (χ2v) is 8.67. The van der Waals surface area contributed by atoms with E-state index in [4.69, 9.17) is 4.74 Å². The van der Waals surface area contributed by atoms with Gasteiger partial charge in [0.15, 0.2) is 5.75 Å². The molecule has 6 heteroatoms. The summed E-state index contributed by atoms with van der Waals surface area (Å²) in [7, 11) is 0. The van der Waals surface area contributed by atoms with Crippen LogP contribution in [0.2, 0.25) is 0 Å². The van der Waals surface area contributed by atoms with E-state index in [0.29, 0.717) is 17.0 Å². The van der Waals surface area contributed by atoms with Crippen molar-refractivity contribution in [3.8, 4) is 5.75 Å². The van der Waals surface area contributed by atoms with Gasteiger partial charge in [0.2, 0.25) is 0 Å². The predicted octanol–water partition coefficient (Wildman–Crippen LogP) is 6.80. The van der Waals surface area contributed by atoms with Crippen molar-refractivity contribution in [2.24, 2.45) is 0 Å². The molecule has 0 aliphatic carbocycles. The Morgan fingerprint density at radius 1 is 1.07 bits per heavy atom. The van der Waals surface area contributed by atoms with Crippen LogP contribution in [0.3, 0.4) is 0 Å². The van der Waals surface area contributed by atoms with Gasteiger partial charge in [-0.2, -0.15) is 0 Å². The Hall–Kier alpha value is -2.99. The molecule has 0 amide bonds. The highest BCUT2D eigenvalue weighted by Crippen LogP contribution is 2.34. The second-order valence-electron chi connectivity index (χ2n) is 7.92. The molecular weight excluding hydrogens is 444 g/mol. The van der Waals surface area contributed by atoms with Crippen molar-refractivity contribution in [3.63, 3.8) is 0 Å². The minimum Gasteiger partial charge on any atom is -0.485 e. The van der Waals surface area contributed by atoms with Crippen LogP contribution in [0.1, 0.15) is 43.2 Å². The number of non-ortho nitro benzene ring substituents is 1. The molecule has 0 atom stereocenters. The average Bonchev–Trinajstić information content (AvgIpc) is 2.71. The first-order chi connectivity index (χ1) is 14.2. The van der Waals surface area contributed by atoms with Crippen LogP contribution in [-0.2, 0) is 12.0 Å². The molecule has 154 valence electrons. The van der Waals surface area contributed by atoms with E-state index in [2.05, 4.69) is 41.7 Å². The van der Waals surface area contributed by atoms with Gasteiger partial charge in [-0.15, -0.1) is 0 Å². The molecule has 1 aromatic heterocycles. The standard InChI is InChI=1S/C24H23BrN2O3/c1-24(2,3)21-15-19(12-9-17-10-13-20(14-11-17)27(28)29)22(23(25)26-21)30-16-18-7-5-4-6-8-18/h4-15H,16H2,1-3H3/b12-9+. The molecule has 3 aromatic rings. The lowest BCUT2D eigenvalue weighted by molar-refractivity contribution is -0.384. The Bertz CT molecular complexity index is 1060. The summed E-state index contributed by atoms with van der Waals surface area (Å²) >= 11 is 3.57. The van der Waals surface area contributed by atoms with Gasteiger partial charge in [-0.25, -0.2) is 4.98 Å². The quantitative estimate of drug-likeness (QED) is 0.227. The van der Waals surface area contributed by atoms with Gasteiger partial charge in [0.05, 0.1) is 4.92 Å². The number of pyridine rings is 1. The van der Waals surface area contributed by atoms with Gasteiger partial charge in [0.25, 0.3) is 5.69 Å². The van der Waals surface area contributed by atoms with Gasteiger partial charge >= 0.3 is 0 Å². The van der Waals surface area contributed by atoms with Crippen molar-refractivity contribution in [2.45, 2.75) is 32.8 Å². The molecule has 0 aliphatic rings. The van der Waals surface area contributed by atoms with Crippen molar-refractivity contribution < 1.29 is 9.66 Å². The molecule has 0 unspecified atom stereocenters. The monoisotopic (exact) mass is 466 g/mol. The molecule has 30 heavy (non-hydrogen) atoms. The summed E-state index contributed by atoms with van der Waals surface area (Å²) in [4.78, 5) is 15.1. The molecule has 2 aromatic carbocycles. The number of nitro benzene ring substituents is 1. The highest BCUT2D eigenvalue weighted by atomic mass is 79.9. The van der Waals surface area contributed by atoms with Crippen molar-refractivity contribution in [2.75, 3.05) is 0 Å². The smallest absolute Gasteiger partial charge is 0.269 e. The van der Waals surface area contributed by atoms with E-state index in [1.54, 1.807) is 12.1 Å². The molecule has 1 heterocycles. The summed E-state index contributed by atoms with van der Waals surface area (Å²) in [6.07, 6.45) is 3.86. The first kappa shape index (κ1) is 21.7. The fraction of sp³-hybridized carbons (Fsp3) is 0.208. The minimum absolute atomic E-state index is 0.0701. The maximum Gasteiger partial charge on any atom is 0.269 e. The Balaban J connectivity index is 1.94. The van der Waals surface area contributed by atoms with E-state index in [9.17, 15) is 10.1 Å². The van der Waals surface area contributed by atoms with Crippen LogP contribution in [-0.4, -0.2) is 9.91 Å². The maximum absolute atomic E-state index is 10.9. The summed E-state index contributed by atoms with van der Waals surface area (Å²) in [5, 5.41) is 10.9. The number of hydrogen-bond donors (Lipinski definition) is 0. The summed E-state index contributed by atoms with van der Waals surface area (Å²) in [5.41, 5.74) is 3.69. The minimum atomic E-state index is -0.404. The lowest BCUT2D eigenvalue weighted by Crippen LogP contribution is -2.14. The van der Waals surface area contributed by atoms with E-state index >= 15 is 0 Å². The Labute approximate surface area is 184 Å². The number of nitrogens with zero attached hydrogens (tertiary/aromatic N) is 2. The molecule has 0 N–H and O–H groups in total. The molecule has 0 fully saturated rings. The Kier molecular flexibility index (Phi) is 6.67. The zero-order chi connectivity index (χ0) is 21.7. The molecule has 0 radical (unpaired) electrons. The first-order valence-corrected chi connectivity index (χ1v) is 10.3. The molecule has 0 bridgehead atoms. The first-order valence-electron chi connectivity index (χ1n) is 9.54. The van der Waals surface area contributed by atoms with Gasteiger partial charge in [-0.1, -0.05) is 63.3 Å². The normalized spacial score (nSPS) is 11.6. The number of ether oxygens (including phenoxy) is 1. The van der Waals surface area contributed by atoms with Gasteiger partial charge in [-0.05, 0) is 45.3 Å². The van der Waals surface area contributed by atoms with Gasteiger partial charge < -0.3 is 4.74 Å². The topological polar surface area (TPSA) is 65.3 Å². The highest BCUT2D eigenvalue weighted by Gasteiger charge is 2.20. The fourth-order valence-corrected chi connectivity index (χ4v) is 3.33. The van der Waals surface area contributed by atoms with Crippen LogP contribution < -0.4 is 4.74 Å². The van der Waals surface area contributed by atoms with Crippen LogP contribution in [0.4, 0.5) is 5.69 Å². The summed E-state index contributed by atoms with van der Waals surface area (Å²) in [6, 6.07) is 18.4. The van der Waals surface area contributed by atoms with Crippen molar-refractivity contribution in [1.29, 1.82) is 0 Å². The zero-order valence-corrected chi connectivity index (χ0v) is 18.7. The molecule has 0 saturated heterocycles. The van der Waals surface area contributed by atoms with E-state index in [-0.39, 0.29) is 11.1 Å². The lowest BCUT2D eigenvalue weighted by atomic mass is 9.90. The molecular formula is C24H23BrN2O3. The third-order valence-electron chi connectivity index (χ3n) is 4.51. The SMILES string of the molecule is CC(C)(C)c1cc(/C=C/c2ccc([N+](=O)[O-])cc2)c(OCc2ccccc2)c(Br)n1.